The summed E-state index contributed by atoms with van der Waals surface area (Å²) in [4.78, 5) is 18.2. The molecule has 0 saturated heterocycles. The maximum absolute atomic E-state index is 11.9. The highest BCUT2D eigenvalue weighted by atomic mass is 35.5. The third-order valence-corrected chi connectivity index (χ3v) is 9.20. The van der Waals surface area contributed by atoms with Gasteiger partial charge >= 0.3 is 5.97 Å². The lowest BCUT2D eigenvalue weighted by Gasteiger charge is -2.37. The second-order valence-electron chi connectivity index (χ2n) is 10.9. The number of aromatic nitrogens is 4. The van der Waals surface area contributed by atoms with Gasteiger partial charge in [-0.15, -0.1) is 0 Å². The van der Waals surface area contributed by atoms with Crippen molar-refractivity contribution in [3.05, 3.63) is 192 Å². The lowest BCUT2D eigenvalue weighted by molar-refractivity contribution is 0.0696. The van der Waals surface area contributed by atoms with Crippen LogP contribution in [-0.2, 0) is 15.6 Å². The fourth-order valence-corrected chi connectivity index (χ4v) is 6.49. The number of carboxylic acids is 1. The molecule has 4 N–H and O–H groups in total. The quantitative estimate of drug-likeness (QED) is 0.106. The standard InChI is InChI=1S/C22H17ClN2.C10H11N3O3S.C6H5NO2/c23-21-14-8-7-13-20(21)22(25-16-15-24-17-25,18-9-3-1-4-10-18)19-11-5-2-6-12-19;1-7-6-10(12-16-7)13-17(14,15)9-4-2-8(11)3-5-9;8-6(9)5-2-1-3-7-4-5/h1-17H;2-6H,11H2,1H3,(H,12,13);1-4H,(H,8,9). The van der Waals surface area contributed by atoms with Crippen LogP contribution in [0.15, 0.2) is 168 Å². The van der Waals surface area contributed by atoms with Crippen LogP contribution in [-0.4, -0.2) is 39.2 Å². The first-order chi connectivity index (χ1) is 24.6. The summed E-state index contributed by atoms with van der Waals surface area (Å²) in [6.45, 7) is 1.67. The van der Waals surface area contributed by atoms with Crippen LogP contribution in [0.2, 0.25) is 5.02 Å². The molecule has 4 aromatic carbocycles. The molecule has 51 heavy (non-hydrogen) atoms. The van der Waals surface area contributed by atoms with E-state index in [-0.39, 0.29) is 16.3 Å². The highest BCUT2D eigenvalue weighted by Gasteiger charge is 2.39. The minimum atomic E-state index is -3.64. The number of imidazole rings is 1. The number of anilines is 2. The Bertz CT molecular complexity index is 2210. The van der Waals surface area contributed by atoms with Gasteiger partial charge in [0.05, 0.1) is 16.8 Å². The van der Waals surface area contributed by atoms with Crippen LogP contribution < -0.4 is 10.5 Å². The third-order valence-electron chi connectivity index (χ3n) is 7.50. The van der Waals surface area contributed by atoms with Gasteiger partial charge in [-0.3, -0.25) is 9.71 Å². The fraction of sp³-hybridized carbons (Fsp3) is 0.0526. The van der Waals surface area contributed by atoms with Crippen molar-refractivity contribution in [1.82, 2.24) is 19.7 Å². The zero-order chi connectivity index (χ0) is 36.3. The van der Waals surface area contributed by atoms with E-state index in [9.17, 15) is 13.2 Å². The molecule has 0 atom stereocenters. The number of nitrogen functional groups attached to an aromatic ring is 1. The summed E-state index contributed by atoms with van der Waals surface area (Å²) in [7, 11) is -3.64. The number of aromatic carboxylic acids is 1. The average Bonchev–Trinajstić information content (AvgIpc) is 3.84. The summed E-state index contributed by atoms with van der Waals surface area (Å²) < 4.78 is 33.0. The molecule has 11 nitrogen and oxygen atoms in total. The van der Waals surface area contributed by atoms with Gasteiger partial charge in [0, 0.05) is 47.1 Å². The highest BCUT2D eigenvalue weighted by molar-refractivity contribution is 7.92. The summed E-state index contributed by atoms with van der Waals surface area (Å²) in [6.07, 6.45) is 8.49. The van der Waals surface area contributed by atoms with Crippen LogP contribution in [0.1, 0.15) is 32.8 Å². The predicted octanol–water partition coefficient (Wildman–Crippen LogP) is 7.52. The van der Waals surface area contributed by atoms with Crippen LogP contribution >= 0.6 is 11.6 Å². The number of carboxylic acid groups (broad SMARTS) is 1. The van der Waals surface area contributed by atoms with Crippen molar-refractivity contribution in [3.63, 3.8) is 0 Å². The molecule has 0 radical (unpaired) electrons. The van der Waals surface area contributed by atoms with Gasteiger partial charge in [0.1, 0.15) is 11.3 Å². The minimum Gasteiger partial charge on any atom is -0.478 e. The smallest absolute Gasteiger partial charge is 0.337 e. The summed E-state index contributed by atoms with van der Waals surface area (Å²) >= 11 is 6.69. The average molecular weight is 721 g/mol. The molecule has 0 aliphatic rings. The molecule has 3 aromatic heterocycles. The molecule has 0 fully saturated rings. The number of sulfonamides is 1. The van der Waals surface area contributed by atoms with Crippen LogP contribution in [0.4, 0.5) is 11.5 Å². The van der Waals surface area contributed by atoms with Crippen LogP contribution in [0.5, 0.6) is 0 Å². The molecule has 13 heteroatoms. The van der Waals surface area contributed by atoms with E-state index in [0.29, 0.717) is 11.4 Å². The van der Waals surface area contributed by atoms with Gasteiger partial charge in [-0.1, -0.05) is 95.6 Å². The molecule has 258 valence electrons. The van der Waals surface area contributed by atoms with Gasteiger partial charge in [0.25, 0.3) is 10.0 Å². The van der Waals surface area contributed by atoms with Gasteiger partial charge in [-0.2, -0.15) is 0 Å². The van der Waals surface area contributed by atoms with Gasteiger partial charge in [-0.05, 0) is 60.5 Å². The first kappa shape index (κ1) is 36.1. The monoisotopic (exact) mass is 720 g/mol. The molecule has 0 amide bonds. The Kier molecular flexibility index (Phi) is 11.6. The Morgan fingerprint density at radius 2 is 1.47 bits per heavy atom. The number of pyridine rings is 1. The number of halogens is 1. The molecular formula is C38H33ClN6O5S. The number of nitrogens with zero attached hydrogens (tertiary/aromatic N) is 4. The number of carbonyl (C=O) groups is 1. The Hall–Kier alpha value is -6.24. The van der Waals surface area contributed by atoms with E-state index >= 15 is 0 Å². The number of aryl methyl sites for hydroxylation is 1. The normalized spacial score (nSPS) is 10.9. The van der Waals surface area contributed by atoms with E-state index in [1.165, 1.54) is 48.8 Å². The molecule has 7 aromatic rings. The van der Waals surface area contributed by atoms with Crippen molar-refractivity contribution in [2.24, 2.45) is 0 Å². The second kappa shape index (κ2) is 16.4. The van der Waals surface area contributed by atoms with E-state index in [1.807, 2.05) is 42.9 Å². The van der Waals surface area contributed by atoms with Gasteiger partial charge in [-0.25, -0.2) is 18.2 Å². The zero-order valence-electron chi connectivity index (χ0n) is 27.2. The van der Waals surface area contributed by atoms with E-state index in [0.717, 1.165) is 21.7 Å². The van der Waals surface area contributed by atoms with E-state index < -0.39 is 21.5 Å². The van der Waals surface area contributed by atoms with Crippen molar-refractivity contribution in [2.45, 2.75) is 17.4 Å². The molecule has 0 spiro atoms. The van der Waals surface area contributed by atoms with Crippen molar-refractivity contribution < 1.29 is 22.8 Å². The van der Waals surface area contributed by atoms with Crippen molar-refractivity contribution >= 4 is 39.1 Å². The maximum atomic E-state index is 11.9. The Labute approximate surface area is 300 Å². The lowest BCUT2D eigenvalue weighted by atomic mass is 9.76. The number of nitrogens with one attached hydrogen (secondary N) is 1. The topological polar surface area (TPSA) is 166 Å². The summed E-state index contributed by atoms with van der Waals surface area (Å²) in [5, 5.41) is 12.6. The highest BCUT2D eigenvalue weighted by Crippen LogP contribution is 2.43. The molecule has 7 rings (SSSR count). The molecule has 0 unspecified atom stereocenters. The zero-order valence-corrected chi connectivity index (χ0v) is 28.8. The maximum Gasteiger partial charge on any atom is 0.337 e. The summed E-state index contributed by atoms with van der Waals surface area (Å²) in [6, 6.07) is 39.3. The lowest BCUT2D eigenvalue weighted by Crippen LogP contribution is -2.37. The Balaban J connectivity index is 0.000000167. The van der Waals surface area contributed by atoms with Crippen LogP contribution in [0.25, 0.3) is 0 Å². The Morgan fingerprint density at radius 1 is 0.843 bits per heavy atom. The Morgan fingerprint density at radius 3 is 1.96 bits per heavy atom. The largest absolute Gasteiger partial charge is 0.478 e. The van der Waals surface area contributed by atoms with Crippen LogP contribution in [0, 0.1) is 6.92 Å². The van der Waals surface area contributed by atoms with Crippen LogP contribution in [0.3, 0.4) is 0 Å². The summed E-state index contributed by atoms with van der Waals surface area (Å²) in [5.74, 6) is -0.262. The fourth-order valence-electron chi connectivity index (χ4n) is 5.23. The molecule has 0 bridgehead atoms. The number of hydrogen-bond acceptors (Lipinski definition) is 8. The van der Waals surface area contributed by atoms with E-state index in [4.69, 9.17) is 27.0 Å². The third kappa shape index (κ3) is 8.68. The van der Waals surface area contributed by atoms with Crippen molar-refractivity contribution in [1.29, 1.82) is 0 Å². The van der Waals surface area contributed by atoms with E-state index in [1.54, 1.807) is 19.2 Å². The molecule has 0 aliphatic heterocycles. The molecular weight excluding hydrogens is 688 g/mol. The number of hydrogen-bond donors (Lipinski definition) is 3. The van der Waals surface area contributed by atoms with Gasteiger partial charge in [0.15, 0.2) is 5.82 Å². The molecule has 0 saturated carbocycles. The van der Waals surface area contributed by atoms with E-state index in [2.05, 4.69) is 79.0 Å². The minimum absolute atomic E-state index is 0.118. The second-order valence-corrected chi connectivity index (χ2v) is 13.0. The van der Waals surface area contributed by atoms with Gasteiger partial charge in [0.2, 0.25) is 0 Å². The molecule has 0 aliphatic carbocycles. The van der Waals surface area contributed by atoms with Crippen molar-refractivity contribution in [3.8, 4) is 0 Å². The number of benzene rings is 4. The molecule has 3 heterocycles. The first-order valence-electron chi connectivity index (χ1n) is 15.4. The first-order valence-corrected chi connectivity index (χ1v) is 17.3. The number of nitrogens with two attached hydrogens (primary N) is 1. The summed E-state index contributed by atoms with van der Waals surface area (Å²) in [5.41, 5.74) is 8.90. The number of rotatable bonds is 8. The SMILES string of the molecule is Cc1cc(NS(=O)(=O)c2ccc(N)cc2)no1.Clc1ccccc1C(c1ccccc1)(c1ccccc1)n1ccnc1.O=C(O)c1cccnc1. The van der Waals surface area contributed by atoms with Crippen molar-refractivity contribution in [2.75, 3.05) is 10.5 Å². The predicted molar refractivity (Wildman–Crippen MR) is 196 cm³/mol. The van der Waals surface area contributed by atoms with Gasteiger partial charge < -0.3 is 19.9 Å².